The molecule has 0 fully saturated rings. The van der Waals surface area contributed by atoms with Crippen LogP contribution in [0.25, 0.3) is 0 Å². The van der Waals surface area contributed by atoms with E-state index in [2.05, 4.69) is 0 Å². The highest BCUT2D eigenvalue weighted by Crippen LogP contribution is 2.29. The number of nitrogens with zero attached hydrogens (tertiary/aromatic N) is 1. The van der Waals surface area contributed by atoms with E-state index in [1.807, 2.05) is 24.3 Å². The van der Waals surface area contributed by atoms with Gasteiger partial charge in [0.25, 0.3) is 0 Å². The minimum atomic E-state index is -0.0814. The Morgan fingerprint density at radius 2 is 1.83 bits per heavy atom. The number of hydrogen-bond acceptors (Lipinski definition) is 4. The maximum Gasteiger partial charge on any atom is 0.193 e. The normalized spacial score (nSPS) is 14.1. The molecule has 2 aromatic carbocycles. The monoisotopic (exact) mass is 307 g/mol. The van der Waals surface area contributed by atoms with Crippen LogP contribution in [0.2, 0.25) is 0 Å². The second-order valence-electron chi connectivity index (χ2n) is 5.36. The molecule has 23 heavy (non-hydrogen) atoms. The number of carbonyl (C=O) groups is 1. The number of amidine groups is 2. The Hall–Kier alpha value is -2.79. The van der Waals surface area contributed by atoms with Crippen LogP contribution in [0.15, 0.2) is 48.5 Å². The first kappa shape index (κ1) is 15.1. The predicted octanol–water partition coefficient (Wildman–Crippen LogP) is 3.23. The Balaban J connectivity index is 2.13. The summed E-state index contributed by atoms with van der Waals surface area (Å²) in [6, 6.07) is 14.4. The summed E-state index contributed by atoms with van der Waals surface area (Å²) in [5.74, 6) is 0.341. The molecule has 1 aliphatic rings. The van der Waals surface area contributed by atoms with Crippen LogP contribution in [-0.4, -0.2) is 24.1 Å². The zero-order valence-corrected chi connectivity index (χ0v) is 12.8. The molecule has 0 aromatic heterocycles. The summed E-state index contributed by atoms with van der Waals surface area (Å²) in [6.45, 7) is 1.98. The highest BCUT2D eigenvalue weighted by molar-refractivity contribution is 6.18. The topological polar surface area (TPSA) is 77.2 Å². The minimum absolute atomic E-state index is 0.0814. The quantitative estimate of drug-likeness (QED) is 0.508. The number of ether oxygens (including phenoxy) is 1. The minimum Gasteiger partial charge on any atom is -0.369 e. The number of carbonyl (C=O) groups excluding carboxylic acids is 1. The average Bonchev–Trinajstić information content (AvgIpc) is 2.72. The van der Waals surface area contributed by atoms with E-state index < -0.39 is 0 Å². The van der Waals surface area contributed by atoms with Crippen molar-refractivity contribution in [3.63, 3.8) is 0 Å². The third-order valence-corrected chi connectivity index (χ3v) is 3.76. The largest absolute Gasteiger partial charge is 0.369 e. The molecule has 1 aliphatic heterocycles. The van der Waals surface area contributed by atoms with Gasteiger partial charge in [0.2, 0.25) is 0 Å². The zero-order valence-electron chi connectivity index (χ0n) is 12.8. The Kier molecular flexibility index (Phi) is 4.04. The van der Waals surface area contributed by atoms with E-state index in [1.165, 1.54) is 4.90 Å². The molecule has 0 unspecified atom stereocenters. The molecule has 0 saturated heterocycles. The van der Waals surface area contributed by atoms with Crippen LogP contribution in [0.4, 0.5) is 5.69 Å². The maximum absolute atomic E-state index is 12.8. The smallest absolute Gasteiger partial charge is 0.193 e. The molecule has 2 N–H and O–H groups in total. The second-order valence-corrected chi connectivity index (χ2v) is 5.36. The Morgan fingerprint density at radius 1 is 1.09 bits per heavy atom. The summed E-state index contributed by atoms with van der Waals surface area (Å²) >= 11 is 0. The van der Waals surface area contributed by atoms with Gasteiger partial charge in [0.15, 0.2) is 5.78 Å². The molecule has 0 amide bonds. The first-order chi connectivity index (χ1) is 11.1. The van der Waals surface area contributed by atoms with Gasteiger partial charge in [-0.25, -0.2) is 0 Å². The van der Waals surface area contributed by atoms with E-state index in [9.17, 15) is 4.79 Å². The number of anilines is 1. The Morgan fingerprint density at radius 3 is 2.52 bits per heavy atom. The van der Waals surface area contributed by atoms with Crippen molar-refractivity contribution in [2.45, 2.75) is 13.5 Å². The van der Waals surface area contributed by atoms with Crippen molar-refractivity contribution in [3.05, 3.63) is 65.2 Å². The number of fused-ring (bicyclic) bond motifs is 1. The van der Waals surface area contributed by atoms with Gasteiger partial charge in [-0.1, -0.05) is 42.5 Å². The van der Waals surface area contributed by atoms with E-state index in [-0.39, 0.29) is 30.7 Å². The summed E-state index contributed by atoms with van der Waals surface area (Å²) in [5, 5.41) is 16.0. The van der Waals surface area contributed by atoms with Gasteiger partial charge in [-0.2, -0.15) is 0 Å². The van der Waals surface area contributed by atoms with Crippen LogP contribution in [-0.2, 0) is 11.3 Å². The van der Waals surface area contributed by atoms with Crippen molar-refractivity contribution >= 4 is 23.1 Å². The van der Waals surface area contributed by atoms with Crippen LogP contribution in [0.5, 0.6) is 0 Å². The molecule has 0 bridgehead atoms. The summed E-state index contributed by atoms with van der Waals surface area (Å²) in [5.41, 5.74) is 2.55. The van der Waals surface area contributed by atoms with E-state index in [1.54, 1.807) is 31.2 Å². The molecule has 2 aromatic rings. The van der Waals surface area contributed by atoms with E-state index in [0.29, 0.717) is 16.8 Å². The molecule has 0 atom stereocenters. The van der Waals surface area contributed by atoms with Gasteiger partial charge in [0.1, 0.15) is 18.3 Å². The summed E-state index contributed by atoms with van der Waals surface area (Å²) in [6.07, 6.45) is 0. The van der Waals surface area contributed by atoms with Crippen LogP contribution in [0.1, 0.15) is 28.4 Å². The molecular weight excluding hydrogens is 290 g/mol. The lowest BCUT2D eigenvalue weighted by molar-refractivity contribution is 0.103. The summed E-state index contributed by atoms with van der Waals surface area (Å²) in [7, 11) is 0. The fourth-order valence-corrected chi connectivity index (χ4v) is 2.74. The fraction of sp³-hybridized carbons (Fsp3) is 0.167. The first-order valence-corrected chi connectivity index (χ1v) is 7.31. The molecule has 5 heteroatoms. The standard InChI is InChI=1S/C18H17N3O2/c1-12(19)21-16-9-5-8-14(15(16)10-23-11-17(21)20)18(22)13-6-3-2-4-7-13/h2-9,19-20H,10-11H2,1H3. The van der Waals surface area contributed by atoms with Gasteiger partial charge in [-0.15, -0.1) is 0 Å². The molecular formula is C18H17N3O2. The van der Waals surface area contributed by atoms with Crippen molar-refractivity contribution in [1.82, 2.24) is 0 Å². The van der Waals surface area contributed by atoms with Gasteiger partial charge in [-0.05, 0) is 13.0 Å². The van der Waals surface area contributed by atoms with Gasteiger partial charge in [0, 0.05) is 16.7 Å². The average molecular weight is 307 g/mol. The Bertz CT molecular complexity index is 784. The summed E-state index contributed by atoms with van der Waals surface area (Å²) in [4.78, 5) is 14.3. The summed E-state index contributed by atoms with van der Waals surface area (Å²) < 4.78 is 5.53. The van der Waals surface area contributed by atoms with E-state index in [0.717, 1.165) is 5.56 Å². The molecule has 0 aliphatic carbocycles. The number of benzene rings is 2. The number of ketones is 1. The number of nitrogens with one attached hydrogen (secondary N) is 2. The van der Waals surface area contributed by atoms with Gasteiger partial charge in [0.05, 0.1) is 12.3 Å². The lowest BCUT2D eigenvalue weighted by atomic mass is 9.97. The molecule has 1 heterocycles. The molecule has 116 valence electrons. The molecule has 5 nitrogen and oxygen atoms in total. The lowest BCUT2D eigenvalue weighted by Crippen LogP contribution is -2.36. The van der Waals surface area contributed by atoms with Crippen LogP contribution in [0.3, 0.4) is 0 Å². The number of hydrogen-bond donors (Lipinski definition) is 2. The van der Waals surface area contributed by atoms with Gasteiger partial charge in [-0.3, -0.25) is 20.5 Å². The fourth-order valence-electron chi connectivity index (χ4n) is 2.74. The van der Waals surface area contributed by atoms with Gasteiger partial charge < -0.3 is 4.74 Å². The lowest BCUT2D eigenvalue weighted by Gasteiger charge is -2.23. The highest BCUT2D eigenvalue weighted by Gasteiger charge is 2.25. The molecule has 0 spiro atoms. The third-order valence-electron chi connectivity index (χ3n) is 3.76. The number of rotatable bonds is 2. The van der Waals surface area contributed by atoms with Crippen molar-refractivity contribution in [3.8, 4) is 0 Å². The van der Waals surface area contributed by atoms with E-state index in [4.69, 9.17) is 15.6 Å². The third kappa shape index (κ3) is 2.78. The highest BCUT2D eigenvalue weighted by atomic mass is 16.5. The van der Waals surface area contributed by atoms with Crippen molar-refractivity contribution in [1.29, 1.82) is 10.8 Å². The van der Waals surface area contributed by atoms with E-state index >= 15 is 0 Å². The van der Waals surface area contributed by atoms with Crippen LogP contribution < -0.4 is 4.90 Å². The van der Waals surface area contributed by atoms with Crippen LogP contribution in [0, 0.1) is 10.8 Å². The van der Waals surface area contributed by atoms with Crippen molar-refractivity contribution < 1.29 is 9.53 Å². The maximum atomic E-state index is 12.8. The van der Waals surface area contributed by atoms with Crippen LogP contribution >= 0.6 is 0 Å². The Labute approximate surface area is 134 Å². The van der Waals surface area contributed by atoms with Crippen molar-refractivity contribution in [2.24, 2.45) is 0 Å². The SMILES string of the molecule is CC(=N)N1C(=N)COCc2c(C(=O)c3ccccc3)cccc21. The first-order valence-electron chi connectivity index (χ1n) is 7.31. The molecule has 0 saturated carbocycles. The zero-order chi connectivity index (χ0) is 16.4. The second kappa shape index (κ2) is 6.14. The predicted molar refractivity (Wildman–Crippen MR) is 89.6 cm³/mol. The molecule has 0 radical (unpaired) electrons. The van der Waals surface area contributed by atoms with Crippen molar-refractivity contribution in [2.75, 3.05) is 11.5 Å². The molecule has 3 rings (SSSR count). The van der Waals surface area contributed by atoms with Gasteiger partial charge >= 0.3 is 0 Å².